The molecule has 1 atom stereocenters. The van der Waals surface area contributed by atoms with Gasteiger partial charge in [-0.2, -0.15) is 0 Å². The van der Waals surface area contributed by atoms with Crippen molar-refractivity contribution in [1.29, 1.82) is 0 Å². The molecule has 0 aromatic carbocycles. The molecule has 0 radical (unpaired) electrons. The summed E-state index contributed by atoms with van der Waals surface area (Å²) in [6.45, 7) is 14.6. The minimum absolute atomic E-state index is 0.0384. The number of aldehydes is 1. The number of aliphatic hydroxyl groups excluding tert-OH is 1. The van der Waals surface area contributed by atoms with E-state index >= 15 is 0 Å². The third-order valence-electron chi connectivity index (χ3n) is 3.62. The summed E-state index contributed by atoms with van der Waals surface area (Å²) in [6, 6.07) is 0. The largest absolute Gasteiger partial charge is 0.392 e. The Morgan fingerprint density at radius 2 is 1.33 bits per heavy atom. The molecule has 0 aliphatic carbocycles. The molecule has 2 heteroatoms. The van der Waals surface area contributed by atoms with Gasteiger partial charge in [0.2, 0.25) is 0 Å². The molecule has 0 saturated heterocycles. The SMILES string of the molecule is CCC(C=O)CC.CCC(CC)C(O)C(C)(C)C. The van der Waals surface area contributed by atoms with Gasteiger partial charge in [-0.15, -0.1) is 0 Å². The van der Waals surface area contributed by atoms with E-state index in [1.165, 1.54) is 0 Å². The third-order valence-corrected chi connectivity index (χ3v) is 3.62. The summed E-state index contributed by atoms with van der Waals surface area (Å²) in [5.41, 5.74) is 0.0384. The van der Waals surface area contributed by atoms with Crippen LogP contribution in [0, 0.1) is 17.3 Å². The average molecular weight is 258 g/mol. The van der Waals surface area contributed by atoms with E-state index in [0.717, 1.165) is 32.0 Å². The highest BCUT2D eigenvalue weighted by Gasteiger charge is 2.27. The van der Waals surface area contributed by atoms with Crippen LogP contribution in [0.4, 0.5) is 0 Å². The topological polar surface area (TPSA) is 37.3 Å². The van der Waals surface area contributed by atoms with Gasteiger partial charge in [0.05, 0.1) is 6.10 Å². The lowest BCUT2D eigenvalue weighted by molar-refractivity contribution is -0.111. The molecule has 0 spiro atoms. The van der Waals surface area contributed by atoms with Crippen molar-refractivity contribution in [2.75, 3.05) is 0 Å². The fraction of sp³-hybridized carbons (Fsp3) is 0.938. The van der Waals surface area contributed by atoms with Crippen LogP contribution in [0.15, 0.2) is 0 Å². The third kappa shape index (κ3) is 8.68. The van der Waals surface area contributed by atoms with Gasteiger partial charge in [-0.3, -0.25) is 0 Å². The fourth-order valence-electron chi connectivity index (χ4n) is 1.92. The van der Waals surface area contributed by atoms with Crippen LogP contribution in [-0.2, 0) is 4.79 Å². The molecule has 18 heavy (non-hydrogen) atoms. The number of aliphatic hydroxyl groups is 1. The van der Waals surface area contributed by atoms with E-state index in [4.69, 9.17) is 0 Å². The van der Waals surface area contributed by atoms with Crippen LogP contribution in [0.1, 0.15) is 74.1 Å². The molecule has 0 aliphatic rings. The maximum atomic E-state index is 9.97. The lowest BCUT2D eigenvalue weighted by Gasteiger charge is -2.31. The maximum Gasteiger partial charge on any atom is 0.123 e. The highest BCUT2D eigenvalue weighted by atomic mass is 16.3. The van der Waals surface area contributed by atoms with Crippen LogP contribution in [0.2, 0.25) is 0 Å². The molecule has 2 nitrogen and oxygen atoms in total. The monoisotopic (exact) mass is 258 g/mol. The van der Waals surface area contributed by atoms with Gasteiger partial charge >= 0.3 is 0 Å². The second kappa shape index (κ2) is 10.5. The predicted octanol–water partition coefficient (Wildman–Crippen LogP) is 4.45. The van der Waals surface area contributed by atoms with Gasteiger partial charge in [0.1, 0.15) is 6.29 Å². The molecule has 110 valence electrons. The van der Waals surface area contributed by atoms with Gasteiger partial charge in [0.15, 0.2) is 0 Å². The number of hydrogen-bond donors (Lipinski definition) is 1. The molecular formula is C16H34O2. The van der Waals surface area contributed by atoms with Crippen LogP contribution in [0.25, 0.3) is 0 Å². The summed E-state index contributed by atoms with van der Waals surface area (Å²) >= 11 is 0. The Bertz CT molecular complexity index is 186. The van der Waals surface area contributed by atoms with Gasteiger partial charge in [0, 0.05) is 5.92 Å². The second-order valence-corrected chi connectivity index (χ2v) is 6.10. The Labute approximate surface area is 114 Å². The van der Waals surface area contributed by atoms with Gasteiger partial charge in [0.25, 0.3) is 0 Å². The first kappa shape index (κ1) is 20.0. The first-order chi connectivity index (χ1) is 8.28. The maximum absolute atomic E-state index is 9.97. The Hall–Kier alpha value is -0.370. The first-order valence-electron chi connectivity index (χ1n) is 7.41. The molecule has 0 amide bonds. The predicted molar refractivity (Wildman–Crippen MR) is 79.7 cm³/mol. The summed E-state index contributed by atoms with van der Waals surface area (Å²) in [5.74, 6) is 0.773. The number of carbonyl (C=O) groups is 1. The van der Waals surface area contributed by atoms with Crippen LogP contribution in [-0.4, -0.2) is 17.5 Å². The van der Waals surface area contributed by atoms with E-state index in [0.29, 0.717) is 11.8 Å². The zero-order valence-electron chi connectivity index (χ0n) is 13.5. The number of rotatable bonds is 6. The summed E-state index contributed by atoms with van der Waals surface area (Å²) in [5, 5.41) is 9.85. The zero-order valence-corrected chi connectivity index (χ0v) is 13.5. The summed E-state index contributed by atoms with van der Waals surface area (Å²) in [7, 11) is 0. The molecule has 0 aliphatic heterocycles. The van der Waals surface area contributed by atoms with Crippen LogP contribution in [0.3, 0.4) is 0 Å². The minimum atomic E-state index is -0.155. The van der Waals surface area contributed by atoms with Crippen molar-refractivity contribution in [3.05, 3.63) is 0 Å². The Kier molecular flexibility index (Phi) is 11.7. The van der Waals surface area contributed by atoms with E-state index in [2.05, 4.69) is 34.6 Å². The van der Waals surface area contributed by atoms with E-state index in [-0.39, 0.29) is 11.5 Å². The van der Waals surface area contributed by atoms with Crippen molar-refractivity contribution < 1.29 is 9.90 Å². The first-order valence-corrected chi connectivity index (χ1v) is 7.41. The average Bonchev–Trinajstić information content (AvgIpc) is 2.32. The standard InChI is InChI=1S/C10H22O.C6H12O/c1-6-8(7-2)9(11)10(3,4)5;1-3-6(4-2)5-7/h8-9,11H,6-7H2,1-5H3;5-6H,3-4H2,1-2H3. The van der Waals surface area contributed by atoms with Crippen molar-refractivity contribution in [2.45, 2.75) is 80.3 Å². The van der Waals surface area contributed by atoms with Gasteiger partial charge in [-0.05, 0) is 24.2 Å². The smallest absolute Gasteiger partial charge is 0.123 e. The lowest BCUT2D eigenvalue weighted by Crippen LogP contribution is -2.33. The van der Waals surface area contributed by atoms with E-state index in [1.54, 1.807) is 0 Å². The van der Waals surface area contributed by atoms with Crippen LogP contribution < -0.4 is 0 Å². The normalized spacial score (nSPS) is 13.2. The quantitative estimate of drug-likeness (QED) is 0.715. The van der Waals surface area contributed by atoms with E-state index in [1.807, 2.05) is 13.8 Å². The second-order valence-electron chi connectivity index (χ2n) is 6.10. The van der Waals surface area contributed by atoms with E-state index < -0.39 is 0 Å². The molecule has 1 N–H and O–H groups in total. The summed E-state index contributed by atoms with van der Waals surface area (Å²) < 4.78 is 0. The zero-order chi connectivity index (χ0) is 14.8. The molecule has 0 aromatic rings. The molecular weight excluding hydrogens is 224 g/mol. The van der Waals surface area contributed by atoms with Gasteiger partial charge in [-0.25, -0.2) is 0 Å². The van der Waals surface area contributed by atoms with Crippen LogP contribution >= 0.6 is 0 Å². The molecule has 0 aromatic heterocycles. The Morgan fingerprint density at radius 3 is 1.39 bits per heavy atom. The fourth-order valence-corrected chi connectivity index (χ4v) is 1.92. The van der Waals surface area contributed by atoms with Crippen molar-refractivity contribution in [3.8, 4) is 0 Å². The minimum Gasteiger partial charge on any atom is -0.392 e. The Morgan fingerprint density at radius 1 is 0.944 bits per heavy atom. The molecule has 0 heterocycles. The number of hydrogen-bond acceptors (Lipinski definition) is 2. The van der Waals surface area contributed by atoms with Gasteiger partial charge in [-0.1, -0.05) is 61.3 Å². The van der Waals surface area contributed by atoms with Crippen LogP contribution in [0.5, 0.6) is 0 Å². The highest BCUT2D eigenvalue weighted by molar-refractivity contribution is 5.52. The van der Waals surface area contributed by atoms with E-state index in [9.17, 15) is 9.90 Å². The van der Waals surface area contributed by atoms with Crippen molar-refractivity contribution in [1.82, 2.24) is 0 Å². The molecule has 0 rings (SSSR count). The molecule has 0 saturated carbocycles. The molecule has 0 bridgehead atoms. The number of carbonyl (C=O) groups excluding carboxylic acids is 1. The summed E-state index contributed by atoms with van der Waals surface area (Å²) in [4.78, 5) is 9.97. The van der Waals surface area contributed by atoms with Crippen molar-refractivity contribution in [2.24, 2.45) is 17.3 Å². The van der Waals surface area contributed by atoms with Gasteiger partial charge < -0.3 is 9.90 Å². The van der Waals surface area contributed by atoms with Crippen molar-refractivity contribution >= 4 is 6.29 Å². The highest BCUT2D eigenvalue weighted by Crippen LogP contribution is 2.28. The summed E-state index contributed by atoms with van der Waals surface area (Å²) in [6.07, 6.45) is 5.00. The molecule has 0 fully saturated rings. The van der Waals surface area contributed by atoms with Crippen molar-refractivity contribution in [3.63, 3.8) is 0 Å². The lowest BCUT2D eigenvalue weighted by atomic mass is 9.79. The molecule has 1 unspecified atom stereocenters. The Balaban J connectivity index is 0.